The molecule has 1 spiro atoms. The Balaban J connectivity index is 1.08. The monoisotopic (exact) mass is 781 g/mol. The van der Waals surface area contributed by atoms with E-state index in [1.165, 1.54) is 116 Å². The summed E-state index contributed by atoms with van der Waals surface area (Å²) >= 11 is 0. The maximum atomic E-state index is 2.73. The maximum absolute atomic E-state index is 4.03. The van der Waals surface area contributed by atoms with E-state index >= 15 is 0 Å². The van der Waals surface area contributed by atoms with Crippen LogP contribution < -0.4 is 21.2 Å². The average molecular weight is 782 g/mol. The van der Waals surface area contributed by atoms with Crippen molar-refractivity contribution >= 4 is 37.1 Å². The zero-order chi connectivity index (χ0) is 35.5. The van der Waals surface area contributed by atoms with Gasteiger partial charge in [0.2, 0.25) is 0 Å². The van der Waals surface area contributed by atoms with Gasteiger partial charge in [-0.15, -0.1) is 0 Å². The zero-order valence-corrected chi connectivity index (χ0v) is 35.4. The first-order chi connectivity index (χ1) is 25.9. The summed E-state index contributed by atoms with van der Waals surface area (Å²) in [5.74, 6) is 0. The number of unbranched alkanes of at least 4 members (excludes halogenated alkanes) is 4. The molecule has 10 saturated heterocycles. The third-order valence-corrected chi connectivity index (χ3v) is 77.0. The van der Waals surface area contributed by atoms with Gasteiger partial charge in [0.1, 0.15) is 0 Å². The molecule has 10 aliphatic rings. The van der Waals surface area contributed by atoms with Gasteiger partial charge in [-0.3, -0.25) is 0 Å². The zero-order valence-electron chi connectivity index (χ0n) is 32.6. The van der Waals surface area contributed by atoms with Crippen molar-refractivity contribution in [3.05, 3.63) is 119 Å². The molecule has 10 aliphatic heterocycles. The molecule has 10 heterocycles. The number of aryl methyl sites for hydroxylation is 4. The minimum atomic E-state index is -4.03. The fourth-order valence-electron chi connectivity index (χ4n) is 22.7. The second-order valence-corrected chi connectivity index (χ2v) is 48.1. The molecule has 4 unspecified atom stereocenters. The predicted molar refractivity (Wildman–Crippen MR) is 228 cm³/mol. The van der Waals surface area contributed by atoms with Crippen molar-refractivity contribution in [3.8, 4) is 0 Å². The Morgan fingerprint density at radius 1 is 0.396 bits per heavy atom. The number of hydrogen-bond donors (Lipinski definition) is 0. The minimum absolute atomic E-state index is 0.433. The van der Waals surface area contributed by atoms with E-state index < -0.39 is 22.2 Å². The number of benzene rings is 4. The van der Waals surface area contributed by atoms with Crippen LogP contribution in [-0.4, -0.2) is 8.18 Å². The molecular formula is C50H60CoP2. The molecule has 0 aromatic heterocycles. The summed E-state index contributed by atoms with van der Waals surface area (Å²) in [5, 5.41) is 7.50. The van der Waals surface area contributed by atoms with Gasteiger partial charge in [0.15, 0.2) is 0 Å². The van der Waals surface area contributed by atoms with E-state index in [9.17, 15) is 0 Å². The van der Waals surface area contributed by atoms with Gasteiger partial charge in [-0.1, -0.05) is 0 Å². The molecule has 4 atom stereocenters. The van der Waals surface area contributed by atoms with E-state index in [1.807, 2.05) is 21.2 Å². The van der Waals surface area contributed by atoms with Crippen molar-refractivity contribution in [3.63, 3.8) is 0 Å². The number of fused-ring (bicyclic) bond motifs is 10. The van der Waals surface area contributed by atoms with Gasteiger partial charge in [0.05, 0.1) is 0 Å². The number of rotatable bonds is 18. The molecule has 0 amide bonds. The summed E-state index contributed by atoms with van der Waals surface area (Å²) in [4.78, 5) is 10.0. The van der Waals surface area contributed by atoms with E-state index in [-0.39, 0.29) is 0 Å². The van der Waals surface area contributed by atoms with Crippen molar-refractivity contribution in [1.29, 1.82) is 0 Å². The molecular weight excluding hydrogens is 721 g/mol. The second-order valence-electron chi connectivity index (χ2n) is 20.8. The third kappa shape index (κ3) is 1.19. The van der Waals surface area contributed by atoms with E-state index in [4.69, 9.17) is 0 Å². The van der Waals surface area contributed by atoms with Crippen LogP contribution in [0, 0.1) is 0 Å². The third-order valence-electron chi connectivity index (χ3n) is 22.7. The number of hydrogen-bond acceptors (Lipinski definition) is 0. The van der Waals surface area contributed by atoms with Crippen LogP contribution in [0.2, 0.25) is 38.8 Å². The molecule has 0 N–H and O–H groups in total. The molecule has 0 aliphatic carbocycles. The van der Waals surface area contributed by atoms with Crippen molar-refractivity contribution in [2.24, 2.45) is 0 Å². The van der Waals surface area contributed by atoms with Crippen LogP contribution in [0.25, 0.3) is 0 Å². The van der Waals surface area contributed by atoms with Gasteiger partial charge in [-0.2, -0.15) is 0 Å². The first-order valence-electron chi connectivity index (χ1n) is 21.9. The Morgan fingerprint density at radius 2 is 0.660 bits per heavy atom. The first kappa shape index (κ1) is 31.3. The summed E-state index contributed by atoms with van der Waals surface area (Å²) in [6, 6.07) is 40.9. The van der Waals surface area contributed by atoms with Crippen LogP contribution in [0.3, 0.4) is 0 Å². The normalized spacial score (nSPS) is 47.7. The topological polar surface area (TPSA) is 0 Å². The van der Waals surface area contributed by atoms with Gasteiger partial charge >= 0.3 is 314 Å². The van der Waals surface area contributed by atoms with Crippen molar-refractivity contribution in [2.75, 3.05) is 0 Å². The van der Waals surface area contributed by atoms with Gasteiger partial charge in [-0.25, -0.2) is 0 Å². The van der Waals surface area contributed by atoms with Crippen LogP contribution in [0.15, 0.2) is 97.1 Å². The quantitative estimate of drug-likeness (QED) is 0.0882. The standard InChI is InChI=1S/C45H55P2.C5H5.Co/c1-5-9-22-36-26-13-17-30-40(36)46(41-31-18-14-27-37(41)23-10-6-2)44-34-21-35-45(44)47(42-32-19-15-28-38(42)24-11-7-3)43-33-20-16-29-39(43)25-12-8-4;1-2-4-5-3-1;/h13-21,26-35H,5-12,22-25H2,1-4H3;1-5H;. The molecule has 4 aromatic rings. The molecule has 0 radical (unpaired) electrons. The molecule has 3 heteroatoms. The Morgan fingerprint density at radius 3 is 0.887 bits per heavy atom. The van der Waals surface area contributed by atoms with Crippen LogP contribution in [0.5, 0.6) is 0 Å². The van der Waals surface area contributed by atoms with Gasteiger partial charge in [0.25, 0.3) is 0 Å². The van der Waals surface area contributed by atoms with Gasteiger partial charge in [-0.05, 0) is 0 Å². The summed E-state index contributed by atoms with van der Waals surface area (Å²) in [5.41, 5.74) is 6.97. The van der Waals surface area contributed by atoms with Crippen molar-refractivity contribution in [1.82, 2.24) is 0 Å². The molecule has 10 fully saturated rings. The molecule has 279 valence electrons. The van der Waals surface area contributed by atoms with E-state index in [2.05, 4.69) is 125 Å². The van der Waals surface area contributed by atoms with E-state index in [1.54, 1.807) is 22.3 Å². The van der Waals surface area contributed by atoms with Crippen LogP contribution in [0.1, 0.15) is 101 Å². The summed E-state index contributed by atoms with van der Waals surface area (Å²) in [6.07, 6.45) is 11.5. The summed E-state index contributed by atoms with van der Waals surface area (Å²) < 4.78 is 1.36. The van der Waals surface area contributed by atoms with E-state index in [0.29, 0.717) is 8.18 Å². The fraction of sp³-hybridized carbons (Fsp3) is 0.520. The Hall–Kier alpha value is -1.75. The van der Waals surface area contributed by atoms with Crippen LogP contribution in [0.4, 0.5) is 0 Å². The second kappa shape index (κ2) is 6.47. The van der Waals surface area contributed by atoms with Crippen LogP contribution >= 0.6 is 15.8 Å². The Bertz CT molecular complexity index is 2330. The Labute approximate surface area is 312 Å². The fourth-order valence-corrected chi connectivity index (χ4v) is 121. The predicted octanol–water partition coefficient (Wildman–Crippen LogP) is 12.8. The molecule has 53 heavy (non-hydrogen) atoms. The molecule has 0 saturated carbocycles. The SMILES string of the molecule is CCCCc1ccccc1P(c1ccccc1CCCC)[C]12[CH]3[CH]4[CH]5[C]1(P(c1ccccc1CCCC)c1ccccc1CCCC)[Co]43521678[CH]2[CH]1[CH]6[CH]7[CH]28. The summed E-state index contributed by atoms with van der Waals surface area (Å²) in [6.45, 7) is 9.63. The van der Waals surface area contributed by atoms with Crippen molar-refractivity contribution < 1.29 is 6.37 Å². The molecule has 0 nitrogen and oxygen atoms in total. The van der Waals surface area contributed by atoms with Gasteiger partial charge in [0, 0.05) is 0 Å². The molecule has 4 aromatic carbocycles. The van der Waals surface area contributed by atoms with Crippen molar-refractivity contribution in [2.45, 2.75) is 152 Å². The average Bonchev–Trinajstić information content (AvgIpc) is 4.16. The van der Waals surface area contributed by atoms with Gasteiger partial charge < -0.3 is 0 Å². The molecule has 0 bridgehead atoms. The first-order valence-corrected chi connectivity index (χ1v) is 30.5. The van der Waals surface area contributed by atoms with Crippen LogP contribution in [-0.2, 0) is 32.1 Å². The molecule has 14 rings (SSSR count). The van der Waals surface area contributed by atoms with E-state index in [0.717, 1.165) is 0 Å². The Kier molecular flexibility index (Phi) is 3.83. The summed E-state index contributed by atoms with van der Waals surface area (Å²) in [7, 11) is -0.865.